The van der Waals surface area contributed by atoms with Crippen LogP contribution >= 0.6 is 0 Å². The van der Waals surface area contributed by atoms with Gasteiger partial charge >= 0.3 is 0 Å². The summed E-state index contributed by atoms with van der Waals surface area (Å²) in [4.78, 5) is 25.1. The van der Waals surface area contributed by atoms with Crippen molar-refractivity contribution in [3.05, 3.63) is 24.3 Å². The highest BCUT2D eigenvalue weighted by Crippen LogP contribution is 2.17. The van der Waals surface area contributed by atoms with Gasteiger partial charge in [-0.1, -0.05) is 13.0 Å². The molecule has 1 aliphatic rings. The topological polar surface area (TPSA) is 37.4 Å². The molecule has 0 fully saturated rings. The predicted molar refractivity (Wildman–Crippen MR) is 64.0 cm³/mol. The molecule has 0 atom stereocenters. The summed E-state index contributed by atoms with van der Waals surface area (Å²) < 4.78 is 0. The minimum atomic E-state index is -0.00481. The number of hydrogen-bond acceptors (Lipinski definition) is 2. The van der Waals surface area contributed by atoms with Crippen LogP contribution in [0.15, 0.2) is 24.3 Å². The standard InChI is InChI=1S/C13H19NO2/c1-3-8-14(9-4-2)13(16)11-6-5-7-12(15)10-11/h3,10H,1,4-9H2,2H3. The Bertz CT molecular complexity index is 318. The van der Waals surface area contributed by atoms with Gasteiger partial charge in [0, 0.05) is 25.1 Å². The third-order valence-corrected chi connectivity index (χ3v) is 2.61. The first-order valence-corrected chi connectivity index (χ1v) is 5.82. The summed E-state index contributed by atoms with van der Waals surface area (Å²) in [6, 6.07) is 0. The molecule has 88 valence electrons. The maximum Gasteiger partial charge on any atom is 0.250 e. The SMILES string of the molecule is C=CCN(CCC)C(=O)C1=CC(=O)CCC1. The van der Waals surface area contributed by atoms with Crippen LogP contribution in [0, 0.1) is 0 Å². The molecule has 0 aliphatic heterocycles. The normalized spacial score (nSPS) is 15.6. The van der Waals surface area contributed by atoms with Gasteiger partial charge < -0.3 is 4.90 Å². The Morgan fingerprint density at radius 1 is 1.56 bits per heavy atom. The Labute approximate surface area is 96.8 Å². The molecule has 0 unspecified atom stereocenters. The van der Waals surface area contributed by atoms with Gasteiger partial charge in [-0.25, -0.2) is 0 Å². The molecule has 0 radical (unpaired) electrons. The van der Waals surface area contributed by atoms with E-state index in [4.69, 9.17) is 0 Å². The van der Waals surface area contributed by atoms with E-state index in [2.05, 4.69) is 6.58 Å². The number of nitrogens with zero attached hydrogens (tertiary/aromatic N) is 1. The highest BCUT2D eigenvalue weighted by atomic mass is 16.2. The van der Waals surface area contributed by atoms with Gasteiger partial charge in [-0.05, 0) is 25.3 Å². The molecule has 0 saturated carbocycles. The van der Waals surface area contributed by atoms with E-state index >= 15 is 0 Å². The van der Waals surface area contributed by atoms with E-state index in [1.54, 1.807) is 11.0 Å². The zero-order chi connectivity index (χ0) is 12.0. The molecule has 1 aliphatic carbocycles. The van der Waals surface area contributed by atoms with E-state index in [1.165, 1.54) is 6.08 Å². The van der Waals surface area contributed by atoms with Crippen molar-refractivity contribution < 1.29 is 9.59 Å². The smallest absolute Gasteiger partial charge is 0.250 e. The summed E-state index contributed by atoms with van der Waals surface area (Å²) in [5.41, 5.74) is 0.659. The van der Waals surface area contributed by atoms with E-state index in [0.29, 0.717) is 18.5 Å². The van der Waals surface area contributed by atoms with Crippen molar-refractivity contribution in [1.29, 1.82) is 0 Å². The molecule has 1 amide bonds. The maximum absolute atomic E-state index is 12.1. The van der Waals surface area contributed by atoms with E-state index < -0.39 is 0 Å². The van der Waals surface area contributed by atoms with Crippen molar-refractivity contribution >= 4 is 11.7 Å². The van der Waals surface area contributed by atoms with Gasteiger partial charge in [0.1, 0.15) is 0 Å². The van der Waals surface area contributed by atoms with Gasteiger partial charge in [-0.3, -0.25) is 9.59 Å². The molecule has 16 heavy (non-hydrogen) atoms. The molecule has 0 aromatic heterocycles. The lowest BCUT2D eigenvalue weighted by Crippen LogP contribution is -2.33. The van der Waals surface area contributed by atoms with Gasteiger partial charge in [0.15, 0.2) is 5.78 Å². The summed E-state index contributed by atoms with van der Waals surface area (Å²) in [5, 5.41) is 0. The number of allylic oxidation sites excluding steroid dienone is 1. The molecular weight excluding hydrogens is 202 g/mol. The van der Waals surface area contributed by atoms with Crippen LogP contribution in [0.5, 0.6) is 0 Å². The molecule has 0 aromatic carbocycles. The van der Waals surface area contributed by atoms with Gasteiger partial charge in [0.05, 0.1) is 0 Å². The lowest BCUT2D eigenvalue weighted by Gasteiger charge is -2.23. The van der Waals surface area contributed by atoms with Crippen LogP contribution in [-0.2, 0) is 9.59 Å². The molecule has 3 nitrogen and oxygen atoms in total. The molecule has 0 aromatic rings. The Balaban J connectivity index is 2.72. The Morgan fingerprint density at radius 2 is 2.31 bits per heavy atom. The monoisotopic (exact) mass is 221 g/mol. The maximum atomic E-state index is 12.1. The number of carbonyl (C=O) groups is 2. The van der Waals surface area contributed by atoms with E-state index in [-0.39, 0.29) is 11.7 Å². The van der Waals surface area contributed by atoms with Gasteiger partial charge in [-0.2, -0.15) is 0 Å². The Kier molecular flexibility index (Phi) is 4.96. The van der Waals surface area contributed by atoms with Crippen LogP contribution in [0.4, 0.5) is 0 Å². The summed E-state index contributed by atoms with van der Waals surface area (Å²) in [6.07, 6.45) is 6.25. The van der Waals surface area contributed by atoms with Gasteiger partial charge in [0.2, 0.25) is 5.91 Å². The fourth-order valence-electron chi connectivity index (χ4n) is 1.86. The average molecular weight is 221 g/mol. The molecule has 1 rings (SSSR count). The number of hydrogen-bond donors (Lipinski definition) is 0. The first-order valence-electron chi connectivity index (χ1n) is 5.82. The minimum absolute atomic E-state index is 0.00481. The van der Waals surface area contributed by atoms with Crippen molar-refractivity contribution in [2.45, 2.75) is 32.6 Å². The highest BCUT2D eigenvalue weighted by molar-refractivity contribution is 6.02. The molecular formula is C13H19NO2. The summed E-state index contributed by atoms with van der Waals surface area (Å²) in [5.74, 6) is 0.0689. The summed E-state index contributed by atoms with van der Waals surface area (Å²) >= 11 is 0. The van der Waals surface area contributed by atoms with E-state index in [1.807, 2.05) is 6.92 Å². The van der Waals surface area contributed by atoms with Crippen LogP contribution in [0.2, 0.25) is 0 Å². The summed E-state index contributed by atoms with van der Waals surface area (Å²) in [6.45, 7) is 6.95. The lowest BCUT2D eigenvalue weighted by molar-refractivity contribution is -0.127. The van der Waals surface area contributed by atoms with Crippen LogP contribution in [0.3, 0.4) is 0 Å². The molecule has 3 heteroatoms. The Morgan fingerprint density at radius 3 is 2.88 bits per heavy atom. The van der Waals surface area contributed by atoms with Crippen molar-refractivity contribution in [3.8, 4) is 0 Å². The van der Waals surface area contributed by atoms with E-state index in [0.717, 1.165) is 25.8 Å². The predicted octanol–water partition coefficient (Wildman–Crippen LogP) is 2.09. The van der Waals surface area contributed by atoms with Crippen LogP contribution in [0.25, 0.3) is 0 Å². The summed E-state index contributed by atoms with van der Waals surface area (Å²) in [7, 11) is 0. The highest BCUT2D eigenvalue weighted by Gasteiger charge is 2.20. The number of rotatable bonds is 5. The zero-order valence-electron chi connectivity index (χ0n) is 9.87. The van der Waals surface area contributed by atoms with Crippen LogP contribution in [0.1, 0.15) is 32.6 Å². The van der Waals surface area contributed by atoms with Crippen molar-refractivity contribution in [1.82, 2.24) is 4.90 Å². The molecule has 0 bridgehead atoms. The first-order chi connectivity index (χ1) is 7.69. The zero-order valence-corrected chi connectivity index (χ0v) is 9.87. The molecule has 0 spiro atoms. The second-order valence-electron chi connectivity index (χ2n) is 4.03. The number of amides is 1. The fourth-order valence-corrected chi connectivity index (χ4v) is 1.86. The first kappa shape index (κ1) is 12.7. The van der Waals surface area contributed by atoms with Crippen LogP contribution < -0.4 is 0 Å². The second-order valence-corrected chi connectivity index (χ2v) is 4.03. The van der Waals surface area contributed by atoms with Gasteiger partial charge in [0.25, 0.3) is 0 Å². The second kappa shape index (κ2) is 6.26. The lowest BCUT2D eigenvalue weighted by atomic mass is 9.97. The third-order valence-electron chi connectivity index (χ3n) is 2.61. The van der Waals surface area contributed by atoms with Crippen LogP contribution in [-0.4, -0.2) is 29.7 Å². The largest absolute Gasteiger partial charge is 0.335 e. The van der Waals surface area contributed by atoms with E-state index in [9.17, 15) is 9.59 Å². The fraction of sp³-hybridized carbons (Fsp3) is 0.538. The van der Waals surface area contributed by atoms with Crippen molar-refractivity contribution in [3.63, 3.8) is 0 Å². The van der Waals surface area contributed by atoms with Crippen molar-refractivity contribution in [2.24, 2.45) is 0 Å². The molecule has 0 N–H and O–H groups in total. The average Bonchev–Trinajstić information content (AvgIpc) is 2.28. The number of carbonyl (C=O) groups excluding carboxylic acids is 2. The minimum Gasteiger partial charge on any atom is -0.335 e. The molecule has 0 heterocycles. The van der Waals surface area contributed by atoms with Crippen molar-refractivity contribution in [2.75, 3.05) is 13.1 Å². The van der Waals surface area contributed by atoms with Gasteiger partial charge in [-0.15, -0.1) is 6.58 Å². The third kappa shape index (κ3) is 3.33. The number of ketones is 1. The quantitative estimate of drug-likeness (QED) is 0.667. The Hall–Kier alpha value is -1.38. The molecule has 0 saturated heterocycles.